The van der Waals surface area contributed by atoms with E-state index < -0.39 is 23.5 Å². The number of hydrogen-bond acceptors (Lipinski definition) is 4. The predicted octanol–water partition coefficient (Wildman–Crippen LogP) is 5.57. The molecule has 0 fully saturated rings. The van der Waals surface area contributed by atoms with E-state index in [0.717, 1.165) is 22.3 Å². The second kappa shape index (κ2) is 8.19. The predicted molar refractivity (Wildman–Crippen MR) is 131 cm³/mol. The molecule has 1 heterocycles. The minimum atomic E-state index is -0.878. The number of phenolic OH excluding ortho intramolecular Hbond substituents is 1. The van der Waals surface area contributed by atoms with Crippen molar-refractivity contribution in [1.29, 1.82) is 0 Å². The second-order valence-corrected chi connectivity index (χ2v) is 12.0. The maximum Gasteiger partial charge on any atom is 0.330 e. The summed E-state index contributed by atoms with van der Waals surface area (Å²) in [7, 11) is 0. The summed E-state index contributed by atoms with van der Waals surface area (Å²) in [6, 6.07) is 10.4. The number of carbonyl (C=O) groups is 2. The van der Waals surface area contributed by atoms with Gasteiger partial charge in [0.25, 0.3) is 5.91 Å². The molecular formula is C28H37NO4. The molecule has 1 aliphatic heterocycles. The van der Waals surface area contributed by atoms with Crippen molar-refractivity contribution in [3.63, 3.8) is 0 Å². The van der Waals surface area contributed by atoms with Crippen molar-refractivity contribution in [3.8, 4) is 5.75 Å². The van der Waals surface area contributed by atoms with Gasteiger partial charge in [-0.05, 0) is 59.9 Å². The van der Waals surface area contributed by atoms with Crippen LogP contribution in [0.3, 0.4) is 0 Å². The van der Waals surface area contributed by atoms with Gasteiger partial charge in [-0.1, -0.05) is 71.9 Å². The molecule has 2 N–H and O–H groups in total. The normalized spacial score (nSPS) is 19.0. The topological polar surface area (TPSA) is 75.6 Å². The van der Waals surface area contributed by atoms with Gasteiger partial charge in [0.05, 0.1) is 0 Å². The second-order valence-electron chi connectivity index (χ2n) is 12.0. The van der Waals surface area contributed by atoms with Crippen LogP contribution in [0.25, 0.3) is 0 Å². The highest BCUT2D eigenvalue weighted by atomic mass is 16.6. The minimum absolute atomic E-state index is 0.278. The van der Waals surface area contributed by atoms with E-state index in [0.29, 0.717) is 5.56 Å². The SMILES string of the molecule is CC(C)(C)OC(=O)C1NC(=O)c2ccccc2C1c1cc(C(C)(C)C)c(O)c(C(C)(C)C)c1. The van der Waals surface area contributed by atoms with E-state index in [1.165, 1.54) is 0 Å². The molecule has 1 amide bonds. The van der Waals surface area contributed by atoms with Crippen molar-refractivity contribution in [1.82, 2.24) is 5.32 Å². The van der Waals surface area contributed by atoms with E-state index >= 15 is 0 Å². The Bertz CT molecular complexity index is 1050. The summed E-state index contributed by atoms with van der Waals surface area (Å²) in [5.41, 5.74) is 2.48. The van der Waals surface area contributed by atoms with Gasteiger partial charge in [0.2, 0.25) is 0 Å². The molecule has 0 saturated carbocycles. The molecule has 2 atom stereocenters. The van der Waals surface area contributed by atoms with Crippen molar-refractivity contribution >= 4 is 11.9 Å². The molecule has 2 unspecified atom stereocenters. The fourth-order valence-electron chi connectivity index (χ4n) is 4.37. The zero-order valence-corrected chi connectivity index (χ0v) is 21.3. The number of ether oxygens (including phenoxy) is 1. The Labute approximate surface area is 197 Å². The van der Waals surface area contributed by atoms with Crippen molar-refractivity contribution in [3.05, 3.63) is 64.2 Å². The van der Waals surface area contributed by atoms with Gasteiger partial charge in [-0.3, -0.25) is 4.79 Å². The summed E-state index contributed by atoms with van der Waals surface area (Å²) in [5, 5.41) is 14.1. The van der Waals surface area contributed by atoms with Gasteiger partial charge in [-0.2, -0.15) is 0 Å². The average molecular weight is 452 g/mol. The first kappa shape index (κ1) is 24.8. The molecule has 0 spiro atoms. The van der Waals surface area contributed by atoms with E-state index in [1.54, 1.807) is 6.07 Å². The van der Waals surface area contributed by atoms with Crippen LogP contribution in [0.4, 0.5) is 0 Å². The molecule has 1 aliphatic rings. The van der Waals surface area contributed by atoms with Crippen LogP contribution >= 0.6 is 0 Å². The highest BCUT2D eigenvalue weighted by Gasteiger charge is 2.42. The lowest BCUT2D eigenvalue weighted by Gasteiger charge is -2.36. The van der Waals surface area contributed by atoms with Gasteiger partial charge >= 0.3 is 5.97 Å². The number of nitrogens with one attached hydrogen (secondary N) is 1. The van der Waals surface area contributed by atoms with Gasteiger partial charge < -0.3 is 15.2 Å². The Balaban J connectivity index is 2.31. The molecule has 2 aromatic carbocycles. The number of fused-ring (bicyclic) bond motifs is 1. The van der Waals surface area contributed by atoms with Crippen LogP contribution in [0, 0.1) is 0 Å². The van der Waals surface area contributed by atoms with Gasteiger partial charge in [0, 0.05) is 11.5 Å². The molecule has 0 aromatic heterocycles. The minimum Gasteiger partial charge on any atom is -0.507 e. The Morgan fingerprint density at radius 1 is 0.909 bits per heavy atom. The summed E-state index contributed by atoms with van der Waals surface area (Å²) in [5.74, 6) is -0.932. The highest BCUT2D eigenvalue weighted by Crippen LogP contribution is 2.44. The first-order valence-electron chi connectivity index (χ1n) is 11.5. The number of phenols is 1. The third-order valence-electron chi connectivity index (χ3n) is 5.93. The third kappa shape index (κ3) is 5.07. The zero-order valence-electron chi connectivity index (χ0n) is 21.3. The Morgan fingerprint density at radius 3 is 1.91 bits per heavy atom. The van der Waals surface area contributed by atoms with Crippen LogP contribution in [0.1, 0.15) is 101 Å². The summed E-state index contributed by atoms with van der Waals surface area (Å²) in [4.78, 5) is 26.2. The molecule has 5 heteroatoms. The van der Waals surface area contributed by atoms with Crippen LogP contribution in [0.15, 0.2) is 36.4 Å². The van der Waals surface area contributed by atoms with Gasteiger partial charge in [0.15, 0.2) is 0 Å². The first-order chi connectivity index (χ1) is 15.0. The zero-order chi connectivity index (χ0) is 24.9. The molecule has 0 aliphatic carbocycles. The standard InChI is InChI=1S/C28H37NO4/c1-26(2,3)19-14-16(15-20(23(19)30)27(4,5)6)21-17-12-10-11-13-18(17)24(31)29-22(21)25(32)33-28(7,8)9/h10-15,21-22,30H,1-9H3,(H,29,31). The number of amides is 1. The van der Waals surface area contributed by atoms with E-state index in [-0.39, 0.29) is 22.5 Å². The number of rotatable bonds is 2. The van der Waals surface area contributed by atoms with Gasteiger partial charge in [-0.25, -0.2) is 4.79 Å². The van der Waals surface area contributed by atoms with Crippen molar-refractivity contribution in [2.75, 3.05) is 0 Å². The fourth-order valence-corrected chi connectivity index (χ4v) is 4.37. The maximum absolute atomic E-state index is 13.3. The molecule has 3 rings (SSSR count). The number of esters is 1. The highest BCUT2D eigenvalue weighted by molar-refractivity contribution is 6.01. The monoisotopic (exact) mass is 451 g/mol. The van der Waals surface area contributed by atoms with Crippen LogP contribution in [0.5, 0.6) is 5.75 Å². The van der Waals surface area contributed by atoms with Crippen molar-refractivity contribution in [2.24, 2.45) is 0 Å². The summed E-state index contributed by atoms with van der Waals surface area (Å²) in [6.07, 6.45) is 0. The molecule has 0 saturated heterocycles. The van der Waals surface area contributed by atoms with Crippen LogP contribution < -0.4 is 5.32 Å². The smallest absolute Gasteiger partial charge is 0.330 e. The quantitative estimate of drug-likeness (QED) is 0.585. The van der Waals surface area contributed by atoms with Crippen LogP contribution in [0.2, 0.25) is 0 Å². The average Bonchev–Trinajstić information content (AvgIpc) is 2.65. The molecule has 178 valence electrons. The molecule has 2 aromatic rings. The van der Waals surface area contributed by atoms with Crippen LogP contribution in [-0.4, -0.2) is 28.6 Å². The Morgan fingerprint density at radius 2 is 1.42 bits per heavy atom. The number of hydrogen-bond donors (Lipinski definition) is 2. The first-order valence-corrected chi connectivity index (χ1v) is 11.5. The van der Waals surface area contributed by atoms with Crippen LogP contribution in [-0.2, 0) is 20.4 Å². The van der Waals surface area contributed by atoms with E-state index in [2.05, 4.69) is 46.9 Å². The van der Waals surface area contributed by atoms with E-state index in [9.17, 15) is 14.7 Å². The van der Waals surface area contributed by atoms with E-state index in [4.69, 9.17) is 4.74 Å². The number of benzene rings is 2. The largest absolute Gasteiger partial charge is 0.507 e. The summed E-state index contributed by atoms with van der Waals surface area (Å²) >= 11 is 0. The Kier molecular flexibility index (Phi) is 6.16. The summed E-state index contributed by atoms with van der Waals surface area (Å²) in [6.45, 7) is 17.8. The van der Waals surface area contributed by atoms with Gasteiger partial charge in [-0.15, -0.1) is 0 Å². The number of carbonyl (C=O) groups excluding carboxylic acids is 2. The van der Waals surface area contributed by atoms with E-state index in [1.807, 2.05) is 51.1 Å². The molecule has 5 nitrogen and oxygen atoms in total. The lowest BCUT2D eigenvalue weighted by Crippen LogP contribution is -2.51. The maximum atomic E-state index is 13.3. The molecular weight excluding hydrogens is 414 g/mol. The number of aromatic hydroxyl groups is 1. The third-order valence-corrected chi connectivity index (χ3v) is 5.93. The molecule has 0 bridgehead atoms. The Hall–Kier alpha value is -2.82. The van der Waals surface area contributed by atoms with Crippen molar-refractivity contribution in [2.45, 2.75) is 90.7 Å². The lowest BCUT2D eigenvalue weighted by atomic mass is 9.73. The van der Waals surface area contributed by atoms with Crippen molar-refractivity contribution < 1.29 is 19.4 Å². The summed E-state index contributed by atoms with van der Waals surface area (Å²) < 4.78 is 5.71. The molecule has 0 radical (unpaired) electrons. The fraction of sp³-hybridized carbons (Fsp3) is 0.500. The molecule has 33 heavy (non-hydrogen) atoms. The lowest BCUT2D eigenvalue weighted by molar-refractivity contribution is -0.157. The van der Waals surface area contributed by atoms with Gasteiger partial charge in [0.1, 0.15) is 17.4 Å².